The van der Waals surface area contributed by atoms with Crippen LogP contribution in [-0.2, 0) is 6.54 Å². The van der Waals surface area contributed by atoms with Crippen molar-refractivity contribution >= 4 is 11.0 Å². The molecule has 1 aliphatic rings. The van der Waals surface area contributed by atoms with E-state index < -0.39 is 0 Å². The standard InChI is InChI=1S/C16H22N2/c1-2-3-12-18-15-11-7-6-10-14(15)17-16(18)13-8-4-5-9-13/h6-7,10-11,13H,2-5,8-9,12H2,1H3. The fraction of sp³-hybridized carbons (Fsp3) is 0.562. The van der Waals surface area contributed by atoms with E-state index in [9.17, 15) is 0 Å². The van der Waals surface area contributed by atoms with E-state index in [4.69, 9.17) is 4.98 Å². The molecule has 0 atom stereocenters. The van der Waals surface area contributed by atoms with Crippen molar-refractivity contribution in [3.05, 3.63) is 30.1 Å². The van der Waals surface area contributed by atoms with Crippen LogP contribution in [0.4, 0.5) is 0 Å². The number of rotatable bonds is 4. The minimum atomic E-state index is 0.703. The zero-order chi connectivity index (χ0) is 12.4. The van der Waals surface area contributed by atoms with Gasteiger partial charge in [-0.1, -0.05) is 38.3 Å². The molecule has 1 aromatic carbocycles. The van der Waals surface area contributed by atoms with Gasteiger partial charge in [-0.25, -0.2) is 4.98 Å². The Morgan fingerprint density at radius 3 is 2.78 bits per heavy atom. The highest BCUT2D eigenvalue weighted by Crippen LogP contribution is 2.35. The number of unbranched alkanes of at least 4 members (excludes halogenated alkanes) is 1. The van der Waals surface area contributed by atoms with Crippen LogP contribution in [0.3, 0.4) is 0 Å². The Morgan fingerprint density at radius 1 is 1.22 bits per heavy atom. The average molecular weight is 242 g/mol. The summed E-state index contributed by atoms with van der Waals surface area (Å²) in [7, 11) is 0. The maximum Gasteiger partial charge on any atom is 0.112 e. The Hall–Kier alpha value is -1.31. The first-order valence-electron chi connectivity index (χ1n) is 7.35. The molecule has 2 heteroatoms. The molecule has 2 nitrogen and oxygen atoms in total. The molecule has 3 rings (SSSR count). The lowest BCUT2D eigenvalue weighted by Gasteiger charge is -2.13. The minimum Gasteiger partial charge on any atom is -0.328 e. The van der Waals surface area contributed by atoms with Crippen molar-refractivity contribution in [1.82, 2.24) is 9.55 Å². The summed E-state index contributed by atoms with van der Waals surface area (Å²) in [6.45, 7) is 3.39. The van der Waals surface area contributed by atoms with Gasteiger partial charge >= 0.3 is 0 Å². The molecule has 96 valence electrons. The van der Waals surface area contributed by atoms with Gasteiger partial charge in [-0.15, -0.1) is 0 Å². The number of aromatic nitrogens is 2. The number of benzene rings is 1. The summed E-state index contributed by atoms with van der Waals surface area (Å²) in [4.78, 5) is 4.91. The smallest absolute Gasteiger partial charge is 0.112 e. The van der Waals surface area contributed by atoms with Gasteiger partial charge in [0.05, 0.1) is 11.0 Å². The molecule has 1 aromatic heterocycles. The van der Waals surface area contributed by atoms with Crippen molar-refractivity contribution in [2.75, 3.05) is 0 Å². The van der Waals surface area contributed by atoms with Crippen molar-refractivity contribution < 1.29 is 0 Å². The van der Waals surface area contributed by atoms with Gasteiger partial charge in [-0.3, -0.25) is 0 Å². The maximum atomic E-state index is 4.91. The molecule has 0 amide bonds. The van der Waals surface area contributed by atoms with Crippen LogP contribution in [0.2, 0.25) is 0 Å². The third-order valence-electron chi connectivity index (χ3n) is 4.14. The summed E-state index contributed by atoms with van der Waals surface area (Å²) < 4.78 is 2.48. The molecule has 0 unspecified atom stereocenters. The summed E-state index contributed by atoms with van der Waals surface area (Å²) in [6.07, 6.45) is 7.91. The second kappa shape index (κ2) is 5.13. The molecule has 0 aliphatic heterocycles. The van der Waals surface area contributed by atoms with E-state index >= 15 is 0 Å². The van der Waals surface area contributed by atoms with E-state index in [1.807, 2.05) is 0 Å². The summed E-state index contributed by atoms with van der Waals surface area (Å²) in [6, 6.07) is 8.59. The highest BCUT2D eigenvalue weighted by atomic mass is 15.1. The van der Waals surface area contributed by atoms with Crippen LogP contribution in [0.15, 0.2) is 24.3 Å². The number of hydrogen-bond donors (Lipinski definition) is 0. The van der Waals surface area contributed by atoms with Crippen LogP contribution in [-0.4, -0.2) is 9.55 Å². The normalized spacial score (nSPS) is 16.7. The van der Waals surface area contributed by atoms with Crippen molar-refractivity contribution in [2.24, 2.45) is 0 Å². The fourth-order valence-electron chi connectivity index (χ4n) is 3.14. The quantitative estimate of drug-likeness (QED) is 0.772. The molecule has 0 bridgehead atoms. The van der Waals surface area contributed by atoms with Gasteiger partial charge in [0.25, 0.3) is 0 Å². The van der Waals surface area contributed by atoms with Gasteiger partial charge in [0.15, 0.2) is 0 Å². The molecule has 0 spiro atoms. The predicted octanol–water partition coefficient (Wildman–Crippen LogP) is 4.49. The van der Waals surface area contributed by atoms with E-state index in [-0.39, 0.29) is 0 Å². The second-order valence-corrected chi connectivity index (χ2v) is 5.45. The lowest BCUT2D eigenvalue weighted by molar-refractivity contribution is 0.567. The zero-order valence-corrected chi connectivity index (χ0v) is 11.2. The topological polar surface area (TPSA) is 17.8 Å². The summed E-state index contributed by atoms with van der Waals surface area (Å²) in [5.41, 5.74) is 2.50. The van der Waals surface area contributed by atoms with E-state index in [1.54, 1.807) is 0 Å². The molecule has 18 heavy (non-hydrogen) atoms. The molecule has 2 aromatic rings. The third kappa shape index (κ3) is 2.05. The first-order valence-corrected chi connectivity index (χ1v) is 7.35. The van der Waals surface area contributed by atoms with Crippen LogP contribution < -0.4 is 0 Å². The Kier molecular flexibility index (Phi) is 3.35. The van der Waals surface area contributed by atoms with Gasteiger partial charge in [0, 0.05) is 12.5 Å². The highest BCUT2D eigenvalue weighted by Gasteiger charge is 2.23. The largest absolute Gasteiger partial charge is 0.328 e. The van der Waals surface area contributed by atoms with Crippen LogP contribution in [0.5, 0.6) is 0 Å². The molecular formula is C16H22N2. The number of imidazole rings is 1. The molecule has 1 aliphatic carbocycles. The molecule has 1 heterocycles. The molecule has 0 N–H and O–H groups in total. The summed E-state index contributed by atoms with van der Waals surface area (Å²) >= 11 is 0. The minimum absolute atomic E-state index is 0.703. The van der Waals surface area contributed by atoms with E-state index in [2.05, 4.69) is 35.8 Å². The fourth-order valence-corrected chi connectivity index (χ4v) is 3.14. The van der Waals surface area contributed by atoms with E-state index in [0.717, 1.165) is 6.54 Å². The first kappa shape index (κ1) is 11.8. The lowest BCUT2D eigenvalue weighted by Crippen LogP contribution is -2.07. The Labute approximate surface area is 109 Å². The van der Waals surface area contributed by atoms with Crippen LogP contribution >= 0.6 is 0 Å². The summed E-state index contributed by atoms with van der Waals surface area (Å²) in [5.74, 6) is 2.05. The maximum absolute atomic E-state index is 4.91. The van der Waals surface area contributed by atoms with Crippen LogP contribution in [0.1, 0.15) is 57.2 Å². The molecule has 0 radical (unpaired) electrons. The second-order valence-electron chi connectivity index (χ2n) is 5.45. The van der Waals surface area contributed by atoms with Crippen LogP contribution in [0, 0.1) is 0 Å². The summed E-state index contributed by atoms with van der Waals surface area (Å²) in [5, 5.41) is 0. The van der Waals surface area contributed by atoms with Crippen molar-refractivity contribution in [3.63, 3.8) is 0 Å². The van der Waals surface area contributed by atoms with Gasteiger partial charge < -0.3 is 4.57 Å². The predicted molar refractivity (Wildman–Crippen MR) is 75.9 cm³/mol. The van der Waals surface area contributed by atoms with Crippen molar-refractivity contribution in [3.8, 4) is 0 Å². The van der Waals surface area contributed by atoms with Crippen molar-refractivity contribution in [1.29, 1.82) is 0 Å². The van der Waals surface area contributed by atoms with E-state index in [1.165, 1.54) is 55.4 Å². The molecule has 1 fully saturated rings. The highest BCUT2D eigenvalue weighted by molar-refractivity contribution is 5.76. The Morgan fingerprint density at radius 2 is 2.00 bits per heavy atom. The number of para-hydroxylation sites is 2. The van der Waals surface area contributed by atoms with E-state index in [0.29, 0.717) is 5.92 Å². The van der Waals surface area contributed by atoms with Crippen molar-refractivity contribution in [2.45, 2.75) is 57.9 Å². The average Bonchev–Trinajstić information content (AvgIpc) is 3.03. The zero-order valence-electron chi connectivity index (χ0n) is 11.2. The number of nitrogens with zero attached hydrogens (tertiary/aromatic N) is 2. The monoisotopic (exact) mass is 242 g/mol. The van der Waals surface area contributed by atoms with Gasteiger partial charge in [-0.05, 0) is 31.4 Å². The van der Waals surface area contributed by atoms with Gasteiger partial charge in [0.2, 0.25) is 0 Å². The molecule has 0 saturated heterocycles. The Bertz CT molecular complexity index is 521. The first-order chi connectivity index (χ1) is 8.90. The SMILES string of the molecule is CCCCn1c(C2CCCC2)nc2ccccc21. The van der Waals surface area contributed by atoms with Crippen LogP contribution in [0.25, 0.3) is 11.0 Å². The number of fused-ring (bicyclic) bond motifs is 1. The van der Waals surface area contributed by atoms with Gasteiger partial charge in [0.1, 0.15) is 5.82 Å². The molecular weight excluding hydrogens is 220 g/mol. The Balaban J connectivity index is 2.04. The molecule has 1 saturated carbocycles. The lowest BCUT2D eigenvalue weighted by atomic mass is 10.1. The number of hydrogen-bond acceptors (Lipinski definition) is 1. The van der Waals surface area contributed by atoms with Gasteiger partial charge in [-0.2, -0.15) is 0 Å². The third-order valence-corrected chi connectivity index (χ3v) is 4.14. The number of aryl methyl sites for hydroxylation is 1.